The summed E-state index contributed by atoms with van der Waals surface area (Å²) < 4.78 is 25.6. The second kappa shape index (κ2) is 12.0. The molecule has 5 aromatic carbocycles. The van der Waals surface area contributed by atoms with Crippen LogP contribution in [0.15, 0.2) is 84.9 Å². The Morgan fingerprint density at radius 1 is 0.500 bits per heavy atom. The lowest BCUT2D eigenvalue weighted by Gasteiger charge is -2.45. The number of para-hydroxylation sites is 2. The van der Waals surface area contributed by atoms with Gasteiger partial charge in [0.25, 0.3) is 6.71 Å². The summed E-state index contributed by atoms with van der Waals surface area (Å²) in [5.74, 6) is 3.16. The van der Waals surface area contributed by atoms with Crippen LogP contribution in [0.3, 0.4) is 0 Å². The van der Waals surface area contributed by atoms with Gasteiger partial charge in [0.15, 0.2) is 23.0 Å². The Labute approximate surface area is 308 Å². The van der Waals surface area contributed by atoms with Gasteiger partial charge in [-0.15, -0.1) is 0 Å². The third-order valence-electron chi connectivity index (χ3n) is 10.9. The van der Waals surface area contributed by atoms with Gasteiger partial charge >= 0.3 is 0 Å². The van der Waals surface area contributed by atoms with E-state index in [9.17, 15) is 0 Å². The minimum Gasteiger partial charge on any atom is -0.489 e. The zero-order chi connectivity index (χ0) is 35.9. The topological polar surface area (TPSA) is 43.4 Å². The van der Waals surface area contributed by atoms with E-state index in [2.05, 4.69) is 131 Å². The molecule has 9 rings (SSSR count). The first kappa shape index (κ1) is 32.8. The molecule has 0 amide bonds. The lowest BCUT2D eigenvalue weighted by atomic mass is 9.33. The highest BCUT2D eigenvalue weighted by Gasteiger charge is 2.45. The molecule has 0 saturated heterocycles. The van der Waals surface area contributed by atoms with E-state index in [1.165, 1.54) is 33.1 Å². The average molecular weight is 691 g/mol. The van der Waals surface area contributed by atoms with Gasteiger partial charge in [0.1, 0.15) is 0 Å². The van der Waals surface area contributed by atoms with Crippen LogP contribution in [0.1, 0.15) is 71.1 Å². The summed E-state index contributed by atoms with van der Waals surface area (Å²) in [4.78, 5) is 4.86. The van der Waals surface area contributed by atoms with Crippen LogP contribution in [-0.4, -0.2) is 33.1 Å². The number of hydrogen-bond acceptors (Lipinski definition) is 6. The molecule has 264 valence electrons. The van der Waals surface area contributed by atoms with E-state index in [-0.39, 0.29) is 17.5 Å². The Kier molecular flexibility index (Phi) is 7.59. The van der Waals surface area contributed by atoms with Gasteiger partial charge in [-0.1, -0.05) is 77.9 Å². The van der Waals surface area contributed by atoms with Gasteiger partial charge in [-0.2, -0.15) is 0 Å². The molecule has 5 aromatic rings. The van der Waals surface area contributed by atoms with Crippen molar-refractivity contribution in [1.29, 1.82) is 0 Å². The monoisotopic (exact) mass is 690 g/mol. The van der Waals surface area contributed by atoms with Crippen molar-refractivity contribution < 1.29 is 18.9 Å². The predicted octanol–water partition coefficient (Wildman–Crippen LogP) is 9.00. The highest BCUT2D eigenvalue weighted by molar-refractivity contribution is 7.00. The van der Waals surface area contributed by atoms with Gasteiger partial charge in [0.2, 0.25) is 0 Å². The first-order chi connectivity index (χ1) is 25.0. The number of hydrogen-bond donors (Lipinski definition) is 0. The molecule has 0 N–H and O–H groups in total. The van der Waals surface area contributed by atoms with Gasteiger partial charge in [-0.05, 0) is 99.4 Å². The smallest absolute Gasteiger partial charge is 0.252 e. The Bertz CT molecular complexity index is 2080. The number of fused-ring (bicyclic) bond motifs is 6. The second-order valence-corrected chi connectivity index (χ2v) is 16.7. The van der Waals surface area contributed by atoms with Gasteiger partial charge in [-0.3, -0.25) is 0 Å². The van der Waals surface area contributed by atoms with Crippen LogP contribution in [-0.2, 0) is 10.8 Å². The van der Waals surface area contributed by atoms with Crippen LogP contribution in [0.5, 0.6) is 23.0 Å². The molecule has 0 bridgehead atoms. The number of anilines is 6. The Morgan fingerprint density at radius 2 is 0.942 bits per heavy atom. The van der Waals surface area contributed by atoms with Gasteiger partial charge in [0.05, 0.1) is 37.8 Å². The number of ether oxygens (including phenoxy) is 4. The minimum absolute atomic E-state index is 0.00771. The maximum Gasteiger partial charge on any atom is 0.252 e. The molecule has 0 unspecified atom stereocenters. The Morgan fingerprint density at radius 3 is 1.38 bits per heavy atom. The fourth-order valence-electron chi connectivity index (χ4n) is 8.30. The zero-order valence-corrected chi connectivity index (χ0v) is 31.4. The van der Waals surface area contributed by atoms with Gasteiger partial charge in [0, 0.05) is 35.6 Å². The van der Waals surface area contributed by atoms with E-state index in [4.69, 9.17) is 18.9 Å². The van der Waals surface area contributed by atoms with Crippen LogP contribution in [0.25, 0.3) is 0 Å². The molecule has 4 aliphatic heterocycles. The molecule has 6 nitrogen and oxygen atoms in total. The van der Waals surface area contributed by atoms with Crippen molar-refractivity contribution in [2.24, 2.45) is 0 Å². The van der Waals surface area contributed by atoms with Gasteiger partial charge in [-0.25, -0.2) is 0 Å². The van der Waals surface area contributed by atoms with Crippen molar-refractivity contribution in [1.82, 2.24) is 0 Å². The first-order valence-corrected chi connectivity index (χ1v) is 18.8. The molecule has 0 atom stereocenters. The second-order valence-electron chi connectivity index (χ2n) is 16.7. The molecule has 0 radical (unpaired) electrons. The van der Waals surface area contributed by atoms with E-state index < -0.39 is 0 Å². The van der Waals surface area contributed by atoms with Crippen LogP contribution >= 0.6 is 0 Å². The molecule has 0 aliphatic carbocycles. The molecule has 4 heterocycles. The molecule has 0 aromatic heterocycles. The van der Waals surface area contributed by atoms with Crippen LogP contribution in [0.4, 0.5) is 34.1 Å². The molecular formula is C45H47BN2O4. The zero-order valence-electron chi connectivity index (χ0n) is 31.4. The van der Waals surface area contributed by atoms with E-state index >= 15 is 0 Å². The summed E-state index contributed by atoms with van der Waals surface area (Å²) in [5.41, 5.74) is 14.2. The highest BCUT2D eigenvalue weighted by atomic mass is 16.5. The summed E-state index contributed by atoms with van der Waals surface area (Å²) in [6.07, 6.45) is 1.69. The lowest BCUT2D eigenvalue weighted by molar-refractivity contribution is 0.297. The third kappa shape index (κ3) is 5.23. The highest BCUT2D eigenvalue weighted by Crippen LogP contribution is 2.51. The Hall–Kier alpha value is -5.04. The quantitative estimate of drug-likeness (QED) is 0.169. The SMILES string of the molecule is Cc1cc2c3c(c1)N(c1cccc4c1OCCCO4)c1ccc(C(C)(C)C)cc1B3c1cc(C(C)(C)C)ccc1N2c1cccc2c1OCCCO2. The molecule has 0 fully saturated rings. The van der Waals surface area contributed by atoms with Crippen molar-refractivity contribution >= 4 is 57.2 Å². The Balaban J connectivity index is 1.40. The summed E-state index contributed by atoms with van der Waals surface area (Å²) in [5, 5.41) is 0. The fourth-order valence-corrected chi connectivity index (χ4v) is 8.30. The van der Waals surface area contributed by atoms with Crippen molar-refractivity contribution in [2.75, 3.05) is 36.2 Å². The molecular weight excluding hydrogens is 643 g/mol. The maximum absolute atomic E-state index is 6.53. The molecule has 4 aliphatic rings. The first-order valence-electron chi connectivity index (χ1n) is 18.8. The molecule has 0 spiro atoms. The van der Waals surface area contributed by atoms with Crippen molar-refractivity contribution in [3.63, 3.8) is 0 Å². The summed E-state index contributed by atoms with van der Waals surface area (Å²) in [6, 6.07) is 31.5. The van der Waals surface area contributed by atoms with Crippen molar-refractivity contribution in [2.45, 2.75) is 72.1 Å². The van der Waals surface area contributed by atoms with Crippen LogP contribution in [0, 0.1) is 6.92 Å². The van der Waals surface area contributed by atoms with E-state index in [0.29, 0.717) is 26.4 Å². The maximum atomic E-state index is 6.53. The standard InChI is InChI=1S/C45H47BN2O4/c1-28-24-37-41-38(25-28)48(36-13-9-15-40-43(36)52-23-11-21-50-40)34-19-17-30(45(5,6)7)27-32(34)46(41)31-26-29(44(2,3)4)16-18-33(31)47(37)35-12-8-14-39-42(35)51-22-10-20-49-39/h8-9,12-19,24-27H,10-11,20-23H2,1-7H3. The van der Waals surface area contributed by atoms with Crippen LogP contribution in [0.2, 0.25) is 0 Å². The number of nitrogens with zero attached hydrogens (tertiary/aromatic N) is 2. The normalized spacial score (nSPS) is 16.0. The van der Waals surface area contributed by atoms with Crippen molar-refractivity contribution in [3.05, 3.63) is 102 Å². The minimum atomic E-state index is -0.0350. The number of rotatable bonds is 2. The summed E-state index contributed by atoms with van der Waals surface area (Å²) in [7, 11) is 0. The van der Waals surface area contributed by atoms with Gasteiger partial charge < -0.3 is 28.7 Å². The number of benzene rings is 5. The van der Waals surface area contributed by atoms with E-state index in [1.807, 2.05) is 12.1 Å². The fraction of sp³-hybridized carbons (Fsp3) is 0.333. The average Bonchev–Trinajstić information content (AvgIpc) is 3.51. The van der Waals surface area contributed by atoms with E-state index in [1.54, 1.807) is 0 Å². The molecule has 52 heavy (non-hydrogen) atoms. The summed E-state index contributed by atoms with van der Waals surface area (Å²) in [6.45, 7) is 18.5. The predicted molar refractivity (Wildman–Crippen MR) is 214 cm³/mol. The third-order valence-corrected chi connectivity index (χ3v) is 10.9. The molecule has 7 heteroatoms. The lowest BCUT2D eigenvalue weighted by Crippen LogP contribution is -2.61. The molecule has 0 saturated carbocycles. The largest absolute Gasteiger partial charge is 0.489 e. The van der Waals surface area contributed by atoms with Crippen LogP contribution < -0.4 is 45.1 Å². The summed E-state index contributed by atoms with van der Waals surface area (Å²) >= 11 is 0. The van der Waals surface area contributed by atoms with E-state index in [0.717, 1.165) is 70.0 Å². The number of aryl methyl sites for hydroxylation is 1. The van der Waals surface area contributed by atoms with Crippen molar-refractivity contribution in [3.8, 4) is 23.0 Å².